The van der Waals surface area contributed by atoms with Gasteiger partial charge in [-0.05, 0) is 12.8 Å². The maximum Gasteiger partial charge on any atom is 0.250 e. The monoisotopic (exact) mass is 293 g/mol. The molecule has 2 heterocycles. The smallest absolute Gasteiger partial charge is 0.250 e. The van der Waals surface area contributed by atoms with E-state index in [2.05, 4.69) is 21.4 Å². The Morgan fingerprint density at radius 2 is 1.90 bits per heavy atom. The van der Waals surface area contributed by atoms with Crippen LogP contribution in [-0.4, -0.2) is 39.9 Å². The van der Waals surface area contributed by atoms with Gasteiger partial charge in [0.2, 0.25) is 5.95 Å². The summed E-state index contributed by atoms with van der Waals surface area (Å²) in [5, 5.41) is 12.5. The van der Waals surface area contributed by atoms with Crippen molar-refractivity contribution in [3.63, 3.8) is 0 Å². The second-order valence-corrected chi connectivity index (χ2v) is 5.68. The van der Waals surface area contributed by atoms with Gasteiger partial charge in [0, 0.05) is 49.9 Å². The van der Waals surface area contributed by atoms with Gasteiger partial charge in [-0.15, -0.1) is 0 Å². The molecule has 1 aliphatic heterocycles. The van der Waals surface area contributed by atoms with Crippen LogP contribution in [0.4, 0.5) is 14.7 Å². The van der Waals surface area contributed by atoms with Gasteiger partial charge in [0.1, 0.15) is 6.04 Å². The predicted molar refractivity (Wildman–Crippen MR) is 72.8 cm³/mol. The fraction of sp³-hybridized carbons (Fsp3) is 0.643. The van der Waals surface area contributed by atoms with E-state index in [1.54, 1.807) is 17.3 Å². The molecule has 1 N–H and O–H groups in total. The molecule has 1 saturated heterocycles. The second-order valence-electron chi connectivity index (χ2n) is 5.68. The van der Waals surface area contributed by atoms with Gasteiger partial charge in [0.05, 0.1) is 6.07 Å². The molecule has 1 saturated carbocycles. The van der Waals surface area contributed by atoms with Crippen LogP contribution in [0, 0.1) is 11.3 Å². The van der Waals surface area contributed by atoms with Gasteiger partial charge in [-0.2, -0.15) is 5.26 Å². The molecule has 2 aliphatic rings. The fourth-order valence-corrected chi connectivity index (χ4v) is 2.44. The van der Waals surface area contributed by atoms with Crippen molar-refractivity contribution in [1.82, 2.24) is 14.9 Å². The molecule has 1 unspecified atom stereocenters. The Bertz CT molecular complexity index is 525. The average molecular weight is 293 g/mol. The number of likely N-dealkylation sites (tertiary alicyclic amines) is 1. The second kappa shape index (κ2) is 5.53. The number of piperidine rings is 1. The molecule has 3 rings (SSSR count). The molecule has 1 aromatic rings. The van der Waals surface area contributed by atoms with E-state index in [4.69, 9.17) is 0 Å². The van der Waals surface area contributed by atoms with Crippen LogP contribution in [0.15, 0.2) is 12.4 Å². The van der Waals surface area contributed by atoms with Crippen LogP contribution in [0.25, 0.3) is 0 Å². The minimum Gasteiger partial charge on any atom is -0.351 e. The van der Waals surface area contributed by atoms with Gasteiger partial charge in [-0.1, -0.05) is 0 Å². The van der Waals surface area contributed by atoms with Crippen molar-refractivity contribution in [3.8, 4) is 6.07 Å². The van der Waals surface area contributed by atoms with Crippen LogP contribution in [0.2, 0.25) is 0 Å². The molecule has 0 aromatic carbocycles. The molecule has 1 aliphatic carbocycles. The Balaban J connectivity index is 1.66. The molecular formula is C14H17F2N5. The van der Waals surface area contributed by atoms with Gasteiger partial charge in [0.15, 0.2) is 0 Å². The summed E-state index contributed by atoms with van der Waals surface area (Å²) in [5.41, 5.74) is 0.657. The van der Waals surface area contributed by atoms with Crippen LogP contribution < -0.4 is 5.32 Å². The van der Waals surface area contributed by atoms with E-state index in [1.165, 1.54) is 0 Å². The maximum atomic E-state index is 13.2. The molecule has 0 spiro atoms. The third-order valence-corrected chi connectivity index (χ3v) is 3.92. The topological polar surface area (TPSA) is 64.8 Å². The zero-order valence-corrected chi connectivity index (χ0v) is 11.6. The summed E-state index contributed by atoms with van der Waals surface area (Å²) in [5.74, 6) is -2.05. The Kier molecular flexibility index (Phi) is 3.72. The minimum atomic E-state index is -2.61. The number of nitriles is 1. The lowest BCUT2D eigenvalue weighted by molar-refractivity contribution is -0.0595. The van der Waals surface area contributed by atoms with Crippen molar-refractivity contribution in [2.75, 3.05) is 18.4 Å². The summed E-state index contributed by atoms with van der Waals surface area (Å²) in [6, 6.07) is 2.07. The summed E-state index contributed by atoms with van der Waals surface area (Å²) < 4.78 is 26.4. The van der Waals surface area contributed by atoms with Crippen molar-refractivity contribution in [2.45, 2.75) is 43.7 Å². The Labute approximate surface area is 122 Å². The number of anilines is 1. The summed E-state index contributed by atoms with van der Waals surface area (Å²) in [6.45, 7) is 0.431. The van der Waals surface area contributed by atoms with Crippen molar-refractivity contribution in [2.24, 2.45) is 0 Å². The van der Waals surface area contributed by atoms with E-state index < -0.39 is 12.0 Å². The van der Waals surface area contributed by atoms with E-state index >= 15 is 0 Å². The SMILES string of the molecule is N#CC(c1cnc(NC2CC2)nc1)N1CCC(F)(F)CC1. The van der Waals surface area contributed by atoms with Gasteiger partial charge in [-0.3, -0.25) is 4.90 Å². The van der Waals surface area contributed by atoms with Gasteiger partial charge >= 0.3 is 0 Å². The zero-order valence-electron chi connectivity index (χ0n) is 11.6. The van der Waals surface area contributed by atoms with Gasteiger partial charge < -0.3 is 5.32 Å². The molecule has 2 fully saturated rings. The van der Waals surface area contributed by atoms with Crippen molar-refractivity contribution < 1.29 is 8.78 Å². The quantitative estimate of drug-likeness (QED) is 0.923. The fourth-order valence-electron chi connectivity index (χ4n) is 2.44. The first kappa shape index (κ1) is 14.1. The average Bonchev–Trinajstić information content (AvgIpc) is 3.27. The molecule has 0 radical (unpaired) electrons. The number of halogens is 2. The number of hydrogen-bond donors (Lipinski definition) is 1. The van der Waals surface area contributed by atoms with Gasteiger partial charge in [0.25, 0.3) is 5.92 Å². The lowest BCUT2D eigenvalue weighted by Gasteiger charge is -2.34. The third-order valence-electron chi connectivity index (χ3n) is 3.92. The first-order valence-electron chi connectivity index (χ1n) is 7.17. The molecule has 112 valence electrons. The lowest BCUT2D eigenvalue weighted by Crippen LogP contribution is -2.41. The molecule has 1 aromatic heterocycles. The first-order valence-corrected chi connectivity index (χ1v) is 7.17. The van der Waals surface area contributed by atoms with E-state index in [0.29, 0.717) is 17.6 Å². The molecule has 21 heavy (non-hydrogen) atoms. The predicted octanol–water partition coefficient (Wildman–Crippen LogP) is 2.35. The summed E-state index contributed by atoms with van der Waals surface area (Å²) in [7, 11) is 0. The highest BCUT2D eigenvalue weighted by atomic mass is 19.3. The standard InChI is InChI=1S/C14H17F2N5/c15-14(16)3-5-21(6-4-14)12(7-17)10-8-18-13(19-9-10)20-11-1-2-11/h8-9,11-12H,1-6H2,(H,18,19,20). The number of alkyl halides is 2. The van der Waals surface area contributed by atoms with Gasteiger partial charge in [-0.25, -0.2) is 18.7 Å². The number of aromatic nitrogens is 2. The van der Waals surface area contributed by atoms with E-state index in [-0.39, 0.29) is 25.9 Å². The first-order chi connectivity index (χ1) is 10.1. The molecular weight excluding hydrogens is 276 g/mol. The van der Waals surface area contributed by atoms with Crippen molar-refractivity contribution in [1.29, 1.82) is 5.26 Å². The van der Waals surface area contributed by atoms with E-state index in [9.17, 15) is 14.0 Å². The molecule has 7 heteroatoms. The number of nitrogens with one attached hydrogen (secondary N) is 1. The van der Waals surface area contributed by atoms with Crippen LogP contribution in [-0.2, 0) is 0 Å². The Morgan fingerprint density at radius 1 is 1.29 bits per heavy atom. The lowest BCUT2D eigenvalue weighted by atomic mass is 10.0. The highest BCUT2D eigenvalue weighted by molar-refractivity contribution is 5.30. The summed E-state index contributed by atoms with van der Waals surface area (Å²) >= 11 is 0. The van der Waals surface area contributed by atoms with E-state index in [1.807, 2.05) is 0 Å². The molecule has 5 nitrogen and oxygen atoms in total. The number of rotatable bonds is 4. The third kappa shape index (κ3) is 3.45. The highest BCUT2D eigenvalue weighted by Gasteiger charge is 2.36. The van der Waals surface area contributed by atoms with Crippen LogP contribution >= 0.6 is 0 Å². The Morgan fingerprint density at radius 3 is 2.43 bits per heavy atom. The van der Waals surface area contributed by atoms with Crippen molar-refractivity contribution >= 4 is 5.95 Å². The van der Waals surface area contributed by atoms with Crippen LogP contribution in [0.1, 0.15) is 37.3 Å². The Hall–Kier alpha value is -1.81. The number of nitrogens with zero attached hydrogens (tertiary/aromatic N) is 4. The van der Waals surface area contributed by atoms with Crippen LogP contribution in [0.3, 0.4) is 0 Å². The molecule has 0 bridgehead atoms. The zero-order chi connectivity index (χ0) is 14.9. The largest absolute Gasteiger partial charge is 0.351 e. The molecule has 0 amide bonds. The number of hydrogen-bond acceptors (Lipinski definition) is 5. The highest BCUT2D eigenvalue weighted by Crippen LogP contribution is 2.32. The minimum absolute atomic E-state index is 0.201. The van der Waals surface area contributed by atoms with Crippen LogP contribution in [0.5, 0.6) is 0 Å². The van der Waals surface area contributed by atoms with E-state index in [0.717, 1.165) is 12.8 Å². The normalized spacial score (nSPS) is 23.3. The molecule has 1 atom stereocenters. The van der Waals surface area contributed by atoms with Crippen molar-refractivity contribution in [3.05, 3.63) is 18.0 Å². The maximum absolute atomic E-state index is 13.2. The summed E-state index contributed by atoms with van der Waals surface area (Å²) in [4.78, 5) is 10.2. The summed E-state index contributed by atoms with van der Waals surface area (Å²) in [6.07, 6.45) is 5.08.